The van der Waals surface area contributed by atoms with Crippen LogP contribution in [0.5, 0.6) is 0 Å². The molecule has 1 N–H and O–H groups in total. The Morgan fingerprint density at radius 1 is 1.19 bits per heavy atom. The van der Waals surface area contributed by atoms with Gasteiger partial charge >= 0.3 is 0 Å². The van der Waals surface area contributed by atoms with Crippen molar-refractivity contribution in [1.82, 2.24) is 10.2 Å². The molecule has 1 saturated heterocycles. The van der Waals surface area contributed by atoms with Gasteiger partial charge in [-0.3, -0.25) is 4.79 Å². The zero-order valence-corrected chi connectivity index (χ0v) is 14.0. The van der Waals surface area contributed by atoms with Crippen molar-refractivity contribution in [2.24, 2.45) is 23.2 Å². The quantitative estimate of drug-likeness (QED) is 0.869. The zero-order chi connectivity index (χ0) is 14.4. The molecular formula is C17H28N2OS. The molecule has 5 aliphatic rings. The predicted octanol–water partition coefficient (Wildman–Crippen LogP) is 2.37. The van der Waals surface area contributed by atoms with Crippen LogP contribution in [0, 0.1) is 23.2 Å². The largest absolute Gasteiger partial charge is 0.344 e. The maximum absolute atomic E-state index is 12.7. The molecule has 0 spiro atoms. The van der Waals surface area contributed by atoms with E-state index in [1.807, 2.05) is 18.8 Å². The van der Waals surface area contributed by atoms with Gasteiger partial charge in [0, 0.05) is 31.6 Å². The fourth-order valence-corrected chi connectivity index (χ4v) is 6.98. The molecule has 1 amide bonds. The summed E-state index contributed by atoms with van der Waals surface area (Å²) >= 11 is 1.91. The summed E-state index contributed by atoms with van der Waals surface area (Å²) in [6.45, 7) is 1.99. The number of nitrogens with zero attached hydrogens (tertiary/aromatic N) is 1. The summed E-state index contributed by atoms with van der Waals surface area (Å²) in [5.74, 6) is 5.35. The van der Waals surface area contributed by atoms with E-state index in [9.17, 15) is 4.79 Å². The first-order valence-corrected chi connectivity index (χ1v) is 9.85. The Kier molecular flexibility index (Phi) is 3.73. The van der Waals surface area contributed by atoms with E-state index in [1.54, 1.807) is 0 Å². The molecule has 4 saturated carbocycles. The minimum Gasteiger partial charge on any atom is -0.344 e. The third kappa shape index (κ3) is 2.74. The summed E-state index contributed by atoms with van der Waals surface area (Å²) in [5.41, 5.74) is 0.473. The van der Waals surface area contributed by atoms with E-state index >= 15 is 0 Å². The lowest BCUT2D eigenvalue weighted by molar-refractivity contribution is -0.137. The SMILES string of the molecule is CN(CC12CC3CC(CC(C3)C1)C2)C(=O)C1CSCCN1. The normalized spacial score (nSPS) is 44.8. The second-order valence-electron chi connectivity index (χ2n) is 8.19. The molecule has 0 aromatic heterocycles. The van der Waals surface area contributed by atoms with Crippen LogP contribution in [0.4, 0.5) is 0 Å². The lowest BCUT2D eigenvalue weighted by atomic mass is 9.49. The fourth-order valence-electron chi connectivity index (χ4n) is 6.05. The highest BCUT2D eigenvalue weighted by molar-refractivity contribution is 7.99. The minimum atomic E-state index is 0.0580. The number of hydrogen-bond donors (Lipinski definition) is 1. The molecule has 0 radical (unpaired) electrons. The zero-order valence-electron chi connectivity index (χ0n) is 13.1. The molecule has 3 nitrogen and oxygen atoms in total. The third-order valence-electron chi connectivity index (χ3n) is 6.33. The summed E-state index contributed by atoms with van der Waals surface area (Å²) in [6, 6.07) is 0.0580. The van der Waals surface area contributed by atoms with Crippen LogP contribution in [-0.2, 0) is 4.79 Å². The summed E-state index contributed by atoms with van der Waals surface area (Å²) in [4.78, 5) is 14.7. The number of thioether (sulfide) groups is 1. The topological polar surface area (TPSA) is 32.3 Å². The van der Waals surface area contributed by atoms with Crippen LogP contribution in [0.3, 0.4) is 0 Å². The molecule has 0 aromatic carbocycles. The minimum absolute atomic E-state index is 0.0580. The number of hydrogen-bond acceptors (Lipinski definition) is 3. The number of carbonyl (C=O) groups excluding carboxylic acids is 1. The maximum atomic E-state index is 12.7. The van der Waals surface area contributed by atoms with Crippen molar-refractivity contribution in [2.45, 2.75) is 44.6 Å². The van der Waals surface area contributed by atoms with Crippen LogP contribution in [0.15, 0.2) is 0 Å². The molecule has 118 valence electrons. The molecule has 5 rings (SSSR count). The average molecular weight is 308 g/mol. The van der Waals surface area contributed by atoms with Crippen molar-refractivity contribution in [3.8, 4) is 0 Å². The standard InChI is InChI=1S/C17H28N2OS/c1-19(16(20)15-10-21-3-2-18-15)11-17-7-12-4-13(8-17)6-14(5-12)9-17/h12-15,18H,2-11H2,1H3. The lowest BCUT2D eigenvalue weighted by Crippen LogP contribution is -2.55. The van der Waals surface area contributed by atoms with Crippen LogP contribution in [0.2, 0.25) is 0 Å². The molecule has 21 heavy (non-hydrogen) atoms. The van der Waals surface area contributed by atoms with Crippen molar-refractivity contribution < 1.29 is 4.79 Å². The molecule has 0 aromatic rings. The van der Waals surface area contributed by atoms with Crippen molar-refractivity contribution >= 4 is 17.7 Å². The molecule has 4 bridgehead atoms. The van der Waals surface area contributed by atoms with E-state index in [1.165, 1.54) is 38.5 Å². The van der Waals surface area contributed by atoms with Gasteiger partial charge in [0.05, 0.1) is 6.04 Å². The lowest BCUT2D eigenvalue weighted by Gasteiger charge is -2.57. The molecular weight excluding hydrogens is 280 g/mol. The number of likely N-dealkylation sites (N-methyl/N-ethyl adjacent to an activating group) is 1. The van der Waals surface area contributed by atoms with Crippen molar-refractivity contribution in [1.29, 1.82) is 0 Å². The Morgan fingerprint density at radius 3 is 2.33 bits per heavy atom. The summed E-state index contributed by atoms with van der Waals surface area (Å²) < 4.78 is 0. The first-order valence-electron chi connectivity index (χ1n) is 8.70. The van der Waals surface area contributed by atoms with Gasteiger partial charge in [0.25, 0.3) is 0 Å². The maximum Gasteiger partial charge on any atom is 0.240 e. The fraction of sp³-hybridized carbons (Fsp3) is 0.941. The molecule has 1 heterocycles. The van der Waals surface area contributed by atoms with Gasteiger partial charge in [0.2, 0.25) is 5.91 Å². The Balaban J connectivity index is 1.41. The monoisotopic (exact) mass is 308 g/mol. The Hall–Kier alpha value is -0.220. The highest BCUT2D eigenvalue weighted by atomic mass is 32.2. The molecule has 4 aliphatic carbocycles. The first kappa shape index (κ1) is 14.4. The third-order valence-corrected chi connectivity index (χ3v) is 7.40. The van der Waals surface area contributed by atoms with E-state index < -0.39 is 0 Å². The van der Waals surface area contributed by atoms with Gasteiger partial charge in [-0.05, 0) is 61.7 Å². The van der Waals surface area contributed by atoms with Crippen LogP contribution in [0.1, 0.15) is 38.5 Å². The molecule has 5 fully saturated rings. The number of rotatable bonds is 3. The Morgan fingerprint density at radius 2 is 1.81 bits per heavy atom. The number of nitrogens with one attached hydrogen (secondary N) is 1. The van der Waals surface area contributed by atoms with E-state index in [2.05, 4.69) is 10.2 Å². The van der Waals surface area contributed by atoms with Gasteiger partial charge in [0.1, 0.15) is 0 Å². The predicted molar refractivity (Wildman–Crippen MR) is 87.4 cm³/mol. The van der Waals surface area contributed by atoms with Crippen LogP contribution >= 0.6 is 11.8 Å². The summed E-state index contributed by atoms with van der Waals surface area (Å²) in [5, 5.41) is 3.40. The van der Waals surface area contributed by atoms with E-state index in [0.717, 1.165) is 42.3 Å². The van der Waals surface area contributed by atoms with E-state index in [-0.39, 0.29) is 6.04 Å². The van der Waals surface area contributed by atoms with Gasteiger partial charge < -0.3 is 10.2 Å². The van der Waals surface area contributed by atoms with Crippen molar-refractivity contribution in [3.05, 3.63) is 0 Å². The number of amides is 1. The Labute approximate surface area is 132 Å². The molecule has 4 heteroatoms. The first-order chi connectivity index (χ1) is 10.1. The van der Waals surface area contributed by atoms with Crippen LogP contribution in [0.25, 0.3) is 0 Å². The van der Waals surface area contributed by atoms with Gasteiger partial charge in [-0.2, -0.15) is 11.8 Å². The Bertz CT molecular complexity index is 384. The smallest absolute Gasteiger partial charge is 0.240 e. The summed E-state index contributed by atoms with van der Waals surface area (Å²) in [7, 11) is 2.04. The van der Waals surface area contributed by atoms with Crippen molar-refractivity contribution in [2.75, 3.05) is 31.6 Å². The van der Waals surface area contributed by atoms with Crippen LogP contribution in [-0.4, -0.2) is 48.5 Å². The summed E-state index contributed by atoms with van der Waals surface area (Å²) in [6.07, 6.45) is 8.63. The van der Waals surface area contributed by atoms with Crippen molar-refractivity contribution in [3.63, 3.8) is 0 Å². The average Bonchev–Trinajstić information content (AvgIpc) is 2.45. The van der Waals surface area contributed by atoms with Gasteiger partial charge in [0.15, 0.2) is 0 Å². The van der Waals surface area contributed by atoms with Gasteiger partial charge in [-0.25, -0.2) is 0 Å². The highest BCUT2D eigenvalue weighted by Crippen LogP contribution is 2.60. The number of carbonyl (C=O) groups is 1. The molecule has 1 unspecified atom stereocenters. The van der Waals surface area contributed by atoms with Gasteiger partial charge in [-0.15, -0.1) is 0 Å². The van der Waals surface area contributed by atoms with E-state index in [4.69, 9.17) is 0 Å². The van der Waals surface area contributed by atoms with Gasteiger partial charge in [-0.1, -0.05) is 0 Å². The molecule has 1 atom stereocenters. The second kappa shape index (κ2) is 5.45. The van der Waals surface area contributed by atoms with Crippen LogP contribution < -0.4 is 5.32 Å². The molecule has 1 aliphatic heterocycles. The second-order valence-corrected chi connectivity index (χ2v) is 9.34. The highest BCUT2D eigenvalue weighted by Gasteiger charge is 2.51. The van der Waals surface area contributed by atoms with E-state index in [0.29, 0.717) is 11.3 Å².